The molecule has 3 fully saturated rings. The quantitative estimate of drug-likeness (QED) is 0.130. The number of benzene rings is 2. The van der Waals surface area contributed by atoms with Crippen LogP contribution in [0.15, 0.2) is 36.4 Å². The Morgan fingerprint density at radius 3 is 1.40 bits per heavy atom. The van der Waals surface area contributed by atoms with Crippen molar-refractivity contribution in [1.29, 1.82) is 0 Å². The lowest BCUT2D eigenvalue weighted by Gasteiger charge is -2.38. The SMILES string of the molecule is CCCCCCOc1cc(OCC2CO2)ccc1N1CCN(c2ccc(OCC3CO3)cc2OCCCCCC)CC1. The smallest absolute Gasteiger partial charge is 0.146 e. The standard InChI is InChI=1S/C34H50N2O6/c1-3-5-7-9-19-37-33-21-27(39-23-29-25-41-29)11-13-31(33)35-15-17-36(18-16-35)32-14-12-28(40-24-30-26-42-30)22-34(32)38-20-10-8-6-4-2/h11-14,21-22,29-30H,3-10,15-20,23-26H2,1-2H3. The Morgan fingerprint density at radius 2 is 1.02 bits per heavy atom. The number of unbranched alkanes of at least 4 members (excludes halogenated alkanes) is 6. The molecule has 3 aliphatic rings. The van der Waals surface area contributed by atoms with E-state index in [1.165, 1.54) is 38.5 Å². The summed E-state index contributed by atoms with van der Waals surface area (Å²) in [6.45, 7) is 12.3. The van der Waals surface area contributed by atoms with E-state index < -0.39 is 0 Å². The molecule has 0 aliphatic carbocycles. The average Bonchev–Trinajstić information content (AvgIpc) is 3.95. The van der Waals surface area contributed by atoms with Crippen LogP contribution >= 0.6 is 0 Å². The minimum absolute atomic E-state index is 0.231. The lowest BCUT2D eigenvalue weighted by Crippen LogP contribution is -2.46. The summed E-state index contributed by atoms with van der Waals surface area (Å²) in [5, 5.41) is 0. The van der Waals surface area contributed by atoms with Gasteiger partial charge in [-0.15, -0.1) is 0 Å². The van der Waals surface area contributed by atoms with Crippen molar-refractivity contribution >= 4 is 11.4 Å². The van der Waals surface area contributed by atoms with Crippen LogP contribution in [0.5, 0.6) is 23.0 Å². The molecule has 0 aromatic heterocycles. The first-order chi connectivity index (χ1) is 20.7. The van der Waals surface area contributed by atoms with Crippen molar-refractivity contribution in [3.63, 3.8) is 0 Å². The normalized spacial score (nSPS) is 19.5. The fraction of sp³-hybridized carbons (Fsp3) is 0.647. The molecule has 232 valence electrons. The van der Waals surface area contributed by atoms with Gasteiger partial charge < -0.3 is 38.2 Å². The van der Waals surface area contributed by atoms with E-state index in [4.69, 9.17) is 28.4 Å². The second-order valence-corrected chi connectivity index (χ2v) is 11.6. The van der Waals surface area contributed by atoms with Gasteiger partial charge in [-0.25, -0.2) is 0 Å². The van der Waals surface area contributed by atoms with Gasteiger partial charge in [-0.1, -0.05) is 52.4 Å². The van der Waals surface area contributed by atoms with Gasteiger partial charge in [0.2, 0.25) is 0 Å². The molecule has 5 rings (SSSR count). The van der Waals surface area contributed by atoms with E-state index in [1.54, 1.807) is 0 Å². The van der Waals surface area contributed by atoms with Crippen molar-refractivity contribution in [3.8, 4) is 23.0 Å². The lowest BCUT2D eigenvalue weighted by molar-refractivity contribution is 0.259. The second-order valence-electron chi connectivity index (χ2n) is 11.6. The highest BCUT2D eigenvalue weighted by Crippen LogP contribution is 2.37. The van der Waals surface area contributed by atoms with Crippen LogP contribution in [-0.4, -0.2) is 78.0 Å². The van der Waals surface area contributed by atoms with Crippen molar-refractivity contribution in [2.75, 3.05) is 75.6 Å². The number of anilines is 2. The first kappa shape index (κ1) is 30.6. The van der Waals surface area contributed by atoms with Crippen LogP contribution in [0.25, 0.3) is 0 Å². The molecule has 3 aliphatic heterocycles. The van der Waals surface area contributed by atoms with E-state index in [2.05, 4.69) is 60.0 Å². The van der Waals surface area contributed by atoms with Crippen LogP contribution in [0.4, 0.5) is 11.4 Å². The zero-order valence-corrected chi connectivity index (χ0v) is 25.7. The van der Waals surface area contributed by atoms with Crippen LogP contribution in [0.3, 0.4) is 0 Å². The van der Waals surface area contributed by atoms with Crippen molar-refractivity contribution in [2.24, 2.45) is 0 Å². The number of nitrogens with zero attached hydrogens (tertiary/aromatic N) is 2. The Labute approximate surface area is 252 Å². The minimum Gasteiger partial charge on any atom is -0.491 e. The molecule has 0 spiro atoms. The van der Waals surface area contributed by atoms with Crippen molar-refractivity contribution in [2.45, 2.75) is 77.4 Å². The summed E-state index contributed by atoms with van der Waals surface area (Å²) in [5.41, 5.74) is 2.28. The molecule has 0 amide bonds. The Bertz CT molecular complexity index is 996. The zero-order valence-electron chi connectivity index (χ0n) is 25.7. The predicted molar refractivity (Wildman–Crippen MR) is 167 cm³/mol. The minimum atomic E-state index is 0.231. The molecular weight excluding hydrogens is 532 g/mol. The van der Waals surface area contributed by atoms with Crippen molar-refractivity contribution < 1.29 is 28.4 Å². The Morgan fingerprint density at radius 1 is 0.595 bits per heavy atom. The summed E-state index contributed by atoms with van der Waals surface area (Å²) >= 11 is 0. The van der Waals surface area contributed by atoms with Gasteiger partial charge in [0.15, 0.2) is 0 Å². The third-order valence-corrected chi connectivity index (χ3v) is 8.01. The first-order valence-corrected chi connectivity index (χ1v) is 16.3. The second kappa shape index (κ2) is 16.1. The molecule has 42 heavy (non-hydrogen) atoms. The van der Waals surface area contributed by atoms with E-state index in [0.29, 0.717) is 13.2 Å². The van der Waals surface area contributed by atoms with Crippen LogP contribution < -0.4 is 28.7 Å². The van der Waals surface area contributed by atoms with Gasteiger partial charge in [0, 0.05) is 38.3 Å². The Hall–Kier alpha value is -2.84. The molecule has 2 atom stereocenters. The highest BCUT2D eigenvalue weighted by atomic mass is 16.6. The molecule has 0 bridgehead atoms. The van der Waals surface area contributed by atoms with Crippen LogP contribution in [0, 0.1) is 0 Å². The molecule has 0 radical (unpaired) electrons. The Kier molecular flexibility index (Phi) is 11.8. The van der Waals surface area contributed by atoms with Crippen molar-refractivity contribution in [1.82, 2.24) is 0 Å². The number of hydrogen-bond acceptors (Lipinski definition) is 8. The van der Waals surface area contributed by atoms with E-state index >= 15 is 0 Å². The predicted octanol–water partition coefficient (Wildman–Crippen LogP) is 6.49. The maximum absolute atomic E-state index is 6.35. The molecule has 2 unspecified atom stereocenters. The fourth-order valence-corrected chi connectivity index (χ4v) is 5.24. The molecule has 3 heterocycles. The largest absolute Gasteiger partial charge is 0.491 e. The number of piperazine rings is 1. The van der Waals surface area contributed by atoms with Crippen LogP contribution in [0.1, 0.15) is 65.2 Å². The van der Waals surface area contributed by atoms with Crippen LogP contribution in [-0.2, 0) is 9.47 Å². The average molecular weight is 583 g/mol. The van der Waals surface area contributed by atoms with Gasteiger partial charge in [-0.2, -0.15) is 0 Å². The molecule has 2 aromatic carbocycles. The van der Waals surface area contributed by atoms with Gasteiger partial charge >= 0.3 is 0 Å². The number of hydrogen-bond donors (Lipinski definition) is 0. The lowest BCUT2D eigenvalue weighted by atomic mass is 10.2. The summed E-state index contributed by atoms with van der Waals surface area (Å²) in [7, 11) is 0. The summed E-state index contributed by atoms with van der Waals surface area (Å²) in [6.07, 6.45) is 9.92. The number of ether oxygens (including phenoxy) is 6. The van der Waals surface area contributed by atoms with E-state index in [0.717, 1.165) is 99.8 Å². The monoisotopic (exact) mass is 582 g/mol. The summed E-state index contributed by atoms with van der Waals surface area (Å²) in [5.74, 6) is 3.50. The zero-order chi connectivity index (χ0) is 29.0. The van der Waals surface area contributed by atoms with Crippen LogP contribution in [0.2, 0.25) is 0 Å². The van der Waals surface area contributed by atoms with E-state index in [-0.39, 0.29) is 12.2 Å². The molecule has 0 saturated carbocycles. The molecule has 2 aromatic rings. The van der Waals surface area contributed by atoms with Gasteiger partial charge in [-0.05, 0) is 37.1 Å². The van der Waals surface area contributed by atoms with Crippen molar-refractivity contribution in [3.05, 3.63) is 36.4 Å². The highest BCUT2D eigenvalue weighted by molar-refractivity contribution is 5.65. The summed E-state index contributed by atoms with van der Waals surface area (Å²) in [4.78, 5) is 4.87. The summed E-state index contributed by atoms with van der Waals surface area (Å²) in [6, 6.07) is 12.5. The number of rotatable bonds is 20. The molecule has 8 nitrogen and oxygen atoms in total. The van der Waals surface area contributed by atoms with Gasteiger partial charge in [0.25, 0.3) is 0 Å². The first-order valence-electron chi connectivity index (χ1n) is 16.3. The van der Waals surface area contributed by atoms with Gasteiger partial charge in [0.05, 0.1) is 37.8 Å². The van der Waals surface area contributed by atoms with E-state index in [9.17, 15) is 0 Å². The maximum Gasteiger partial charge on any atom is 0.146 e. The fourth-order valence-electron chi connectivity index (χ4n) is 5.24. The summed E-state index contributed by atoms with van der Waals surface area (Å²) < 4.78 is 35.3. The third-order valence-electron chi connectivity index (χ3n) is 8.01. The van der Waals surface area contributed by atoms with Gasteiger partial charge in [0.1, 0.15) is 48.4 Å². The topological polar surface area (TPSA) is 68.5 Å². The molecule has 0 N–H and O–H groups in total. The highest BCUT2D eigenvalue weighted by Gasteiger charge is 2.26. The Balaban J connectivity index is 1.22. The molecular formula is C34H50N2O6. The molecule has 3 saturated heterocycles. The molecule has 8 heteroatoms. The van der Waals surface area contributed by atoms with E-state index in [1.807, 2.05) is 0 Å². The van der Waals surface area contributed by atoms with Gasteiger partial charge in [-0.3, -0.25) is 0 Å². The third kappa shape index (κ3) is 9.60. The number of epoxide rings is 2. The maximum atomic E-state index is 6.35.